The zero-order valence-electron chi connectivity index (χ0n) is 12.2. The minimum absolute atomic E-state index is 0.0604. The van der Waals surface area contributed by atoms with Gasteiger partial charge >= 0.3 is 5.97 Å². The van der Waals surface area contributed by atoms with Crippen molar-refractivity contribution in [2.45, 2.75) is 30.7 Å². The minimum atomic E-state index is -0.577. The van der Waals surface area contributed by atoms with Gasteiger partial charge in [-0.2, -0.15) is 0 Å². The highest BCUT2D eigenvalue weighted by Crippen LogP contribution is 2.24. The lowest BCUT2D eigenvalue weighted by atomic mass is 10.0. The van der Waals surface area contributed by atoms with Crippen LogP contribution in [0.4, 0.5) is 0 Å². The van der Waals surface area contributed by atoms with Crippen molar-refractivity contribution in [1.29, 1.82) is 0 Å². The van der Waals surface area contributed by atoms with Crippen molar-refractivity contribution in [3.63, 3.8) is 0 Å². The molecule has 0 aromatic heterocycles. The quantitative estimate of drug-likeness (QED) is 0.210. The van der Waals surface area contributed by atoms with E-state index in [0.29, 0.717) is 11.6 Å². The first kappa shape index (κ1) is 15.6. The minimum Gasteiger partial charge on any atom is -0.462 e. The van der Waals surface area contributed by atoms with E-state index in [-0.39, 0.29) is 18.0 Å². The molecule has 1 aromatic rings. The molecule has 0 amide bonds. The molecule has 0 spiro atoms. The SMILES string of the molecule is CCOC(=O)C(=CNC1CC1)C(=O)c1ccccc1SC. The molecule has 112 valence electrons. The molecule has 2 rings (SSSR count). The lowest BCUT2D eigenvalue weighted by Crippen LogP contribution is -2.21. The maximum atomic E-state index is 12.7. The van der Waals surface area contributed by atoms with Crippen LogP contribution in [-0.2, 0) is 9.53 Å². The molecule has 21 heavy (non-hydrogen) atoms. The predicted octanol–water partition coefficient (Wildman–Crippen LogP) is 2.79. The molecule has 5 heteroatoms. The van der Waals surface area contributed by atoms with Gasteiger partial charge in [0.1, 0.15) is 5.57 Å². The standard InChI is InChI=1S/C16H19NO3S/c1-3-20-16(19)13(10-17-11-8-9-11)15(18)12-6-4-5-7-14(12)21-2/h4-7,10-11,17H,3,8-9H2,1-2H3. The van der Waals surface area contributed by atoms with Gasteiger partial charge in [0.2, 0.25) is 5.78 Å². The van der Waals surface area contributed by atoms with Crippen LogP contribution in [0, 0.1) is 0 Å². The first-order valence-corrected chi connectivity index (χ1v) is 8.21. The largest absolute Gasteiger partial charge is 0.462 e. The van der Waals surface area contributed by atoms with E-state index < -0.39 is 5.97 Å². The number of ketones is 1. The van der Waals surface area contributed by atoms with Crippen molar-refractivity contribution < 1.29 is 14.3 Å². The summed E-state index contributed by atoms with van der Waals surface area (Å²) in [5, 5.41) is 3.09. The summed E-state index contributed by atoms with van der Waals surface area (Å²) in [6, 6.07) is 7.65. The summed E-state index contributed by atoms with van der Waals surface area (Å²) < 4.78 is 5.00. The van der Waals surface area contributed by atoms with E-state index in [1.165, 1.54) is 18.0 Å². The molecule has 0 bridgehead atoms. The van der Waals surface area contributed by atoms with Crippen molar-refractivity contribution >= 4 is 23.5 Å². The summed E-state index contributed by atoms with van der Waals surface area (Å²) in [6.07, 6.45) is 5.56. The molecule has 1 aliphatic rings. The van der Waals surface area contributed by atoms with E-state index in [1.54, 1.807) is 19.1 Å². The Hall–Kier alpha value is -1.75. The summed E-state index contributed by atoms with van der Waals surface area (Å²) in [6.45, 7) is 1.97. The van der Waals surface area contributed by atoms with Gasteiger partial charge in [-0.1, -0.05) is 12.1 Å². The Bertz CT molecular complexity index is 564. The number of esters is 1. The highest BCUT2D eigenvalue weighted by Gasteiger charge is 2.25. The average Bonchev–Trinajstić information content (AvgIpc) is 3.31. The normalized spacial score (nSPS) is 14.7. The number of rotatable bonds is 7. The summed E-state index contributed by atoms with van der Waals surface area (Å²) in [5.41, 5.74) is 0.590. The van der Waals surface area contributed by atoms with Crippen LogP contribution in [0.25, 0.3) is 0 Å². The molecule has 1 aromatic carbocycles. The summed E-state index contributed by atoms with van der Waals surface area (Å²) in [7, 11) is 0. The number of thioether (sulfide) groups is 1. The van der Waals surface area contributed by atoms with E-state index in [4.69, 9.17) is 4.74 Å². The molecule has 0 radical (unpaired) electrons. The highest BCUT2D eigenvalue weighted by atomic mass is 32.2. The Kier molecular flexibility index (Phi) is 5.44. The smallest absolute Gasteiger partial charge is 0.343 e. The van der Waals surface area contributed by atoms with Crippen molar-refractivity contribution in [3.05, 3.63) is 41.6 Å². The molecule has 1 aliphatic carbocycles. The van der Waals surface area contributed by atoms with Crippen LogP contribution < -0.4 is 5.32 Å². The van der Waals surface area contributed by atoms with E-state index in [2.05, 4.69) is 5.32 Å². The number of ether oxygens (including phenoxy) is 1. The fourth-order valence-electron chi connectivity index (χ4n) is 1.85. The van der Waals surface area contributed by atoms with Gasteiger partial charge in [-0.15, -0.1) is 11.8 Å². The van der Waals surface area contributed by atoms with Crippen LogP contribution in [0.5, 0.6) is 0 Å². The van der Waals surface area contributed by atoms with Crippen LogP contribution in [0.2, 0.25) is 0 Å². The van der Waals surface area contributed by atoms with Crippen molar-refractivity contribution in [3.8, 4) is 0 Å². The molecule has 0 heterocycles. The summed E-state index contributed by atoms with van der Waals surface area (Å²) in [4.78, 5) is 25.5. The average molecular weight is 305 g/mol. The lowest BCUT2D eigenvalue weighted by molar-refractivity contribution is -0.138. The predicted molar refractivity (Wildman–Crippen MR) is 83.4 cm³/mol. The Morgan fingerprint density at radius 3 is 2.71 bits per heavy atom. The second kappa shape index (κ2) is 7.31. The Balaban J connectivity index is 2.28. The van der Waals surface area contributed by atoms with Crippen LogP contribution >= 0.6 is 11.8 Å². The number of carbonyl (C=O) groups is 2. The van der Waals surface area contributed by atoms with Gasteiger partial charge in [-0.25, -0.2) is 4.79 Å². The van der Waals surface area contributed by atoms with Gasteiger partial charge in [-0.3, -0.25) is 4.79 Å². The van der Waals surface area contributed by atoms with Gasteiger partial charge in [0.25, 0.3) is 0 Å². The van der Waals surface area contributed by atoms with Gasteiger partial charge in [0.15, 0.2) is 0 Å². The molecule has 4 nitrogen and oxygen atoms in total. The molecule has 1 fully saturated rings. The van der Waals surface area contributed by atoms with Crippen LogP contribution in [0.15, 0.2) is 40.9 Å². The molecular weight excluding hydrogens is 286 g/mol. The number of hydrogen-bond acceptors (Lipinski definition) is 5. The topological polar surface area (TPSA) is 55.4 Å². The fraction of sp³-hybridized carbons (Fsp3) is 0.375. The summed E-state index contributed by atoms with van der Waals surface area (Å²) >= 11 is 1.48. The molecule has 0 atom stereocenters. The van der Waals surface area contributed by atoms with Crippen LogP contribution in [0.1, 0.15) is 30.1 Å². The van der Waals surface area contributed by atoms with Gasteiger partial charge < -0.3 is 10.1 Å². The third-order valence-electron chi connectivity index (χ3n) is 3.13. The molecule has 1 N–H and O–H groups in total. The third kappa shape index (κ3) is 4.11. The van der Waals surface area contributed by atoms with E-state index >= 15 is 0 Å². The molecular formula is C16H19NO3S. The van der Waals surface area contributed by atoms with Crippen molar-refractivity contribution in [1.82, 2.24) is 5.32 Å². The number of benzene rings is 1. The summed E-state index contributed by atoms with van der Waals surface area (Å²) in [5.74, 6) is -0.877. The number of carbonyl (C=O) groups excluding carboxylic acids is 2. The second-order valence-electron chi connectivity index (χ2n) is 4.75. The van der Waals surface area contributed by atoms with Crippen LogP contribution in [-0.4, -0.2) is 30.7 Å². The molecule has 1 saturated carbocycles. The number of hydrogen-bond donors (Lipinski definition) is 1. The number of nitrogens with one attached hydrogen (secondary N) is 1. The number of Topliss-reactive ketones (excluding diaryl/α,β-unsaturated/α-hetero) is 1. The van der Waals surface area contributed by atoms with Gasteiger partial charge in [0.05, 0.1) is 6.61 Å². The maximum Gasteiger partial charge on any atom is 0.343 e. The van der Waals surface area contributed by atoms with Crippen molar-refractivity contribution in [2.75, 3.05) is 12.9 Å². The van der Waals surface area contributed by atoms with Gasteiger partial charge in [0, 0.05) is 22.7 Å². The second-order valence-corrected chi connectivity index (χ2v) is 5.60. The highest BCUT2D eigenvalue weighted by molar-refractivity contribution is 7.98. The lowest BCUT2D eigenvalue weighted by Gasteiger charge is -2.10. The Morgan fingerprint density at radius 1 is 1.38 bits per heavy atom. The maximum absolute atomic E-state index is 12.7. The van der Waals surface area contributed by atoms with Crippen molar-refractivity contribution in [2.24, 2.45) is 0 Å². The third-order valence-corrected chi connectivity index (χ3v) is 3.93. The monoisotopic (exact) mass is 305 g/mol. The van der Waals surface area contributed by atoms with E-state index in [9.17, 15) is 9.59 Å². The zero-order chi connectivity index (χ0) is 15.2. The van der Waals surface area contributed by atoms with E-state index in [1.807, 2.05) is 18.4 Å². The fourth-order valence-corrected chi connectivity index (χ4v) is 2.45. The first-order valence-electron chi connectivity index (χ1n) is 6.98. The molecule has 0 unspecified atom stereocenters. The Morgan fingerprint density at radius 2 is 2.10 bits per heavy atom. The first-order chi connectivity index (χ1) is 10.2. The molecule has 0 aliphatic heterocycles. The van der Waals surface area contributed by atoms with E-state index in [0.717, 1.165) is 17.7 Å². The zero-order valence-corrected chi connectivity index (χ0v) is 13.0. The van der Waals surface area contributed by atoms with Gasteiger partial charge in [-0.05, 0) is 38.2 Å². The van der Waals surface area contributed by atoms with Crippen LogP contribution in [0.3, 0.4) is 0 Å². The molecule has 0 saturated heterocycles. The Labute approximate surface area is 128 Å².